The van der Waals surface area contributed by atoms with E-state index in [0.29, 0.717) is 31.7 Å². The van der Waals surface area contributed by atoms with E-state index in [4.69, 9.17) is 0 Å². The van der Waals surface area contributed by atoms with Crippen molar-refractivity contribution in [1.29, 1.82) is 0 Å². The Hall–Kier alpha value is -2.56. The molecule has 2 aromatic carbocycles. The summed E-state index contributed by atoms with van der Waals surface area (Å²) >= 11 is 0. The van der Waals surface area contributed by atoms with Crippen molar-refractivity contribution in [2.75, 3.05) is 31.1 Å². The Kier molecular flexibility index (Phi) is 3.96. The molecule has 22 heavy (non-hydrogen) atoms. The zero-order valence-electron chi connectivity index (χ0n) is 12.1. The molecule has 0 aliphatic carbocycles. The molecule has 0 aromatic heterocycles. The van der Waals surface area contributed by atoms with Gasteiger partial charge in [0, 0.05) is 31.7 Å². The molecule has 114 valence electrons. The van der Waals surface area contributed by atoms with Crippen LogP contribution in [0.2, 0.25) is 0 Å². The Morgan fingerprint density at radius 1 is 0.955 bits per heavy atom. The minimum absolute atomic E-state index is 0.0862. The summed E-state index contributed by atoms with van der Waals surface area (Å²) in [7, 11) is 0. The maximum Gasteiger partial charge on any atom is 0.253 e. The third-order valence-corrected chi connectivity index (χ3v) is 3.88. The van der Waals surface area contributed by atoms with Gasteiger partial charge in [-0.3, -0.25) is 4.79 Å². The van der Waals surface area contributed by atoms with Crippen molar-refractivity contribution >= 4 is 11.6 Å². The average molecular weight is 300 g/mol. The van der Waals surface area contributed by atoms with E-state index in [1.807, 2.05) is 12.1 Å². The molecule has 5 heteroatoms. The summed E-state index contributed by atoms with van der Waals surface area (Å²) in [5.74, 6) is -0.182. The van der Waals surface area contributed by atoms with Gasteiger partial charge in [0.15, 0.2) is 0 Å². The van der Waals surface area contributed by atoms with Crippen molar-refractivity contribution in [1.82, 2.24) is 4.90 Å². The predicted molar refractivity (Wildman–Crippen MR) is 82.6 cm³/mol. The number of carbonyl (C=O) groups excluding carboxylic acids is 1. The molecular formula is C17H17FN2O2. The van der Waals surface area contributed by atoms with E-state index in [2.05, 4.69) is 4.90 Å². The van der Waals surface area contributed by atoms with Crippen LogP contribution >= 0.6 is 0 Å². The zero-order chi connectivity index (χ0) is 15.5. The number of phenolic OH excluding ortho intramolecular Hbond substituents is 1. The minimum Gasteiger partial charge on any atom is -0.506 e. The molecule has 4 nitrogen and oxygen atoms in total. The first-order valence-corrected chi connectivity index (χ1v) is 7.23. The summed E-state index contributed by atoms with van der Waals surface area (Å²) < 4.78 is 12.9. The Balaban J connectivity index is 1.65. The summed E-state index contributed by atoms with van der Waals surface area (Å²) in [5.41, 5.74) is 1.29. The number of nitrogens with zero attached hydrogens (tertiary/aromatic N) is 2. The van der Waals surface area contributed by atoms with E-state index in [1.165, 1.54) is 24.3 Å². The number of phenols is 1. The largest absolute Gasteiger partial charge is 0.506 e. The first-order valence-electron chi connectivity index (χ1n) is 7.23. The highest BCUT2D eigenvalue weighted by molar-refractivity contribution is 5.94. The van der Waals surface area contributed by atoms with Crippen molar-refractivity contribution < 1.29 is 14.3 Å². The molecule has 0 radical (unpaired) electrons. The van der Waals surface area contributed by atoms with Gasteiger partial charge < -0.3 is 14.9 Å². The van der Waals surface area contributed by atoms with E-state index < -0.39 is 0 Å². The Labute approximate surface area is 128 Å². The van der Waals surface area contributed by atoms with Gasteiger partial charge in [-0.25, -0.2) is 4.39 Å². The lowest BCUT2D eigenvalue weighted by molar-refractivity contribution is 0.0746. The fourth-order valence-electron chi connectivity index (χ4n) is 2.66. The molecule has 1 N–H and O–H groups in total. The van der Waals surface area contributed by atoms with Gasteiger partial charge in [0.25, 0.3) is 5.91 Å². The first-order chi connectivity index (χ1) is 10.6. The molecule has 1 saturated heterocycles. The molecule has 1 heterocycles. The van der Waals surface area contributed by atoms with Gasteiger partial charge >= 0.3 is 0 Å². The number of hydrogen-bond donors (Lipinski definition) is 1. The van der Waals surface area contributed by atoms with Crippen LogP contribution in [0.4, 0.5) is 10.1 Å². The monoisotopic (exact) mass is 300 g/mol. The number of hydrogen-bond acceptors (Lipinski definition) is 3. The summed E-state index contributed by atoms with van der Waals surface area (Å²) in [6, 6.07) is 12.8. The van der Waals surface area contributed by atoms with Crippen LogP contribution in [-0.2, 0) is 0 Å². The highest BCUT2D eigenvalue weighted by Crippen LogP contribution is 2.27. The molecule has 1 fully saturated rings. The Morgan fingerprint density at radius 3 is 2.23 bits per heavy atom. The van der Waals surface area contributed by atoms with E-state index >= 15 is 0 Å². The number of piperazine rings is 1. The van der Waals surface area contributed by atoms with Crippen molar-refractivity contribution in [3.8, 4) is 5.75 Å². The Bertz CT molecular complexity index is 665. The SMILES string of the molecule is O=C(c1ccc(F)cc1)N1CCN(c2ccccc2O)CC1. The van der Waals surface area contributed by atoms with Gasteiger partial charge in [-0.2, -0.15) is 0 Å². The summed E-state index contributed by atoms with van der Waals surface area (Å²) in [5, 5.41) is 9.88. The summed E-state index contributed by atoms with van der Waals surface area (Å²) in [6.07, 6.45) is 0. The number of para-hydroxylation sites is 2. The van der Waals surface area contributed by atoms with Crippen LogP contribution in [0.1, 0.15) is 10.4 Å². The predicted octanol–water partition coefficient (Wildman–Crippen LogP) is 2.49. The van der Waals surface area contributed by atoms with Gasteiger partial charge in [0.2, 0.25) is 0 Å². The third-order valence-electron chi connectivity index (χ3n) is 3.88. The molecule has 0 spiro atoms. The summed E-state index contributed by atoms with van der Waals surface area (Å²) in [4.78, 5) is 16.2. The fourth-order valence-corrected chi connectivity index (χ4v) is 2.66. The normalized spacial score (nSPS) is 15.0. The molecule has 0 atom stereocenters. The number of halogens is 1. The van der Waals surface area contributed by atoms with Gasteiger partial charge in [-0.15, -0.1) is 0 Å². The van der Waals surface area contributed by atoms with Crippen LogP contribution in [0.15, 0.2) is 48.5 Å². The van der Waals surface area contributed by atoms with Crippen molar-refractivity contribution in [3.05, 3.63) is 59.9 Å². The lowest BCUT2D eigenvalue weighted by Gasteiger charge is -2.36. The highest BCUT2D eigenvalue weighted by Gasteiger charge is 2.23. The number of rotatable bonds is 2. The molecular weight excluding hydrogens is 283 g/mol. The van der Waals surface area contributed by atoms with Crippen molar-refractivity contribution in [2.45, 2.75) is 0 Å². The van der Waals surface area contributed by atoms with Crippen LogP contribution in [0, 0.1) is 5.82 Å². The summed E-state index contributed by atoms with van der Waals surface area (Å²) in [6.45, 7) is 2.46. The van der Waals surface area contributed by atoms with Crippen molar-refractivity contribution in [2.24, 2.45) is 0 Å². The highest BCUT2D eigenvalue weighted by atomic mass is 19.1. The second-order valence-electron chi connectivity index (χ2n) is 5.27. The quantitative estimate of drug-likeness (QED) is 0.926. The number of anilines is 1. The van der Waals surface area contributed by atoms with Crippen LogP contribution in [-0.4, -0.2) is 42.1 Å². The topological polar surface area (TPSA) is 43.8 Å². The maximum atomic E-state index is 12.9. The molecule has 0 unspecified atom stereocenters. The molecule has 1 aliphatic heterocycles. The molecule has 1 amide bonds. The number of carbonyl (C=O) groups is 1. The molecule has 1 aliphatic rings. The number of aromatic hydroxyl groups is 1. The van der Waals surface area contributed by atoms with Gasteiger partial charge in [-0.05, 0) is 36.4 Å². The standard InChI is InChI=1S/C17H17FN2O2/c18-14-7-5-13(6-8-14)17(22)20-11-9-19(10-12-20)15-3-1-2-4-16(15)21/h1-8,21H,9-12H2. The van der Waals surface area contributed by atoms with Gasteiger partial charge in [0.1, 0.15) is 11.6 Å². The molecule has 0 saturated carbocycles. The van der Waals surface area contributed by atoms with Crippen LogP contribution in [0.3, 0.4) is 0 Å². The number of benzene rings is 2. The molecule has 0 bridgehead atoms. The van der Waals surface area contributed by atoms with E-state index in [0.717, 1.165) is 5.69 Å². The van der Waals surface area contributed by atoms with Crippen LogP contribution < -0.4 is 4.90 Å². The van der Waals surface area contributed by atoms with Gasteiger partial charge in [0.05, 0.1) is 5.69 Å². The van der Waals surface area contributed by atoms with E-state index in [1.54, 1.807) is 17.0 Å². The Morgan fingerprint density at radius 2 is 1.59 bits per heavy atom. The van der Waals surface area contributed by atoms with E-state index in [9.17, 15) is 14.3 Å². The number of amides is 1. The van der Waals surface area contributed by atoms with Gasteiger partial charge in [-0.1, -0.05) is 12.1 Å². The van der Waals surface area contributed by atoms with E-state index in [-0.39, 0.29) is 17.5 Å². The lowest BCUT2D eigenvalue weighted by atomic mass is 10.1. The minimum atomic E-state index is -0.346. The smallest absolute Gasteiger partial charge is 0.253 e. The van der Waals surface area contributed by atoms with Crippen LogP contribution in [0.25, 0.3) is 0 Å². The molecule has 3 rings (SSSR count). The maximum absolute atomic E-state index is 12.9. The second kappa shape index (κ2) is 6.05. The zero-order valence-corrected chi connectivity index (χ0v) is 12.1. The lowest BCUT2D eigenvalue weighted by Crippen LogP contribution is -2.48. The molecule has 2 aromatic rings. The third kappa shape index (κ3) is 2.88. The van der Waals surface area contributed by atoms with Crippen molar-refractivity contribution in [3.63, 3.8) is 0 Å². The van der Waals surface area contributed by atoms with Crippen LogP contribution in [0.5, 0.6) is 5.75 Å². The fraction of sp³-hybridized carbons (Fsp3) is 0.235. The second-order valence-corrected chi connectivity index (χ2v) is 5.27. The average Bonchev–Trinajstić information content (AvgIpc) is 2.56. The first kappa shape index (κ1) is 14.4.